The molecule has 22 heavy (non-hydrogen) atoms. The summed E-state index contributed by atoms with van der Waals surface area (Å²) in [4.78, 5) is -0.490. The van der Waals surface area contributed by atoms with Crippen molar-refractivity contribution in [3.63, 3.8) is 0 Å². The van der Waals surface area contributed by atoms with Crippen LogP contribution in [0.3, 0.4) is 0 Å². The Labute approximate surface area is 126 Å². The summed E-state index contributed by atoms with van der Waals surface area (Å²) in [5.41, 5.74) is 0. The fourth-order valence-electron chi connectivity index (χ4n) is 2.27. The summed E-state index contributed by atoms with van der Waals surface area (Å²) >= 11 is 0. The zero-order valence-electron chi connectivity index (χ0n) is 11.0. The Morgan fingerprint density at radius 2 is 0.909 bits per heavy atom. The van der Waals surface area contributed by atoms with Gasteiger partial charge in [0, 0.05) is 0 Å². The van der Waals surface area contributed by atoms with Crippen molar-refractivity contribution >= 4 is 41.8 Å². The van der Waals surface area contributed by atoms with Gasteiger partial charge in [0.1, 0.15) is 0 Å². The Bertz CT molecular complexity index is 1030. The van der Waals surface area contributed by atoms with Crippen LogP contribution in [0.4, 0.5) is 0 Å². The molecular formula is C14H10O6S2. The van der Waals surface area contributed by atoms with Crippen LogP contribution >= 0.6 is 0 Å². The first-order valence-corrected chi connectivity index (χ1v) is 8.95. The van der Waals surface area contributed by atoms with E-state index in [1.807, 2.05) is 0 Å². The van der Waals surface area contributed by atoms with Gasteiger partial charge in [-0.15, -0.1) is 0 Å². The molecule has 0 aliphatic rings. The van der Waals surface area contributed by atoms with Crippen molar-refractivity contribution < 1.29 is 25.9 Å². The SMILES string of the molecule is O=S(=O)(O)c1ccc2cc3ccc(S(=O)(=O)O)cc3cc2c1. The Morgan fingerprint density at radius 3 is 1.27 bits per heavy atom. The van der Waals surface area contributed by atoms with E-state index in [2.05, 4.69) is 0 Å². The lowest BCUT2D eigenvalue weighted by atomic mass is 10.0. The zero-order chi connectivity index (χ0) is 16.1. The van der Waals surface area contributed by atoms with Gasteiger partial charge in [0.2, 0.25) is 0 Å². The molecule has 0 spiro atoms. The van der Waals surface area contributed by atoms with Crippen molar-refractivity contribution in [3.05, 3.63) is 48.5 Å². The second kappa shape index (κ2) is 4.75. The summed E-state index contributed by atoms with van der Waals surface area (Å²) in [5, 5.41) is 2.52. The molecule has 6 nitrogen and oxygen atoms in total. The van der Waals surface area contributed by atoms with Crippen LogP contribution in [0.2, 0.25) is 0 Å². The summed E-state index contributed by atoms with van der Waals surface area (Å²) < 4.78 is 62.8. The van der Waals surface area contributed by atoms with Gasteiger partial charge in [-0.05, 0) is 57.9 Å². The molecule has 3 aromatic rings. The molecule has 0 aromatic heterocycles. The van der Waals surface area contributed by atoms with Crippen molar-refractivity contribution in [2.75, 3.05) is 0 Å². The second-order valence-electron chi connectivity index (χ2n) is 4.82. The molecule has 0 amide bonds. The van der Waals surface area contributed by atoms with Gasteiger partial charge in [-0.2, -0.15) is 16.8 Å². The van der Waals surface area contributed by atoms with Gasteiger partial charge in [-0.3, -0.25) is 9.11 Å². The summed E-state index contributed by atoms with van der Waals surface area (Å²) in [6, 6.07) is 11.6. The van der Waals surface area contributed by atoms with E-state index in [4.69, 9.17) is 9.11 Å². The predicted octanol–water partition coefficient (Wildman–Crippen LogP) is 2.49. The van der Waals surface area contributed by atoms with E-state index in [0.717, 1.165) is 10.8 Å². The van der Waals surface area contributed by atoms with Crippen LogP contribution in [0.1, 0.15) is 0 Å². The molecule has 0 fully saturated rings. The van der Waals surface area contributed by atoms with Crippen LogP contribution in [-0.2, 0) is 20.2 Å². The highest BCUT2D eigenvalue weighted by molar-refractivity contribution is 7.86. The largest absolute Gasteiger partial charge is 0.294 e. The molecule has 0 radical (unpaired) electrons. The number of hydrogen-bond acceptors (Lipinski definition) is 4. The molecule has 0 aliphatic carbocycles. The summed E-state index contributed by atoms with van der Waals surface area (Å²) in [6.07, 6.45) is 0. The highest BCUT2D eigenvalue weighted by Crippen LogP contribution is 2.27. The third-order valence-corrected chi connectivity index (χ3v) is 5.03. The molecule has 3 aromatic carbocycles. The van der Waals surface area contributed by atoms with E-state index in [0.29, 0.717) is 10.8 Å². The summed E-state index contributed by atoms with van der Waals surface area (Å²) in [5.74, 6) is 0. The van der Waals surface area contributed by atoms with Gasteiger partial charge < -0.3 is 0 Å². The van der Waals surface area contributed by atoms with Crippen molar-refractivity contribution in [1.29, 1.82) is 0 Å². The third kappa shape index (κ3) is 2.69. The van der Waals surface area contributed by atoms with Gasteiger partial charge >= 0.3 is 0 Å². The topological polar surface area (TPSA) is 109 Å². The minimum atomic E-state index is -4.31. The number of fused-ring (bicyclic) bond motifs is 2. The number of benzene rings is 3. The molecule has 0 saturated heterocycles. The van der Waals surface area contributed by atoms with Crippen LogP contribution in [0.15, 0.2) is 58.3 Å². The monoisotopic (exact) mass is 338 g/mol. The second-order valence-corrected chi connectivity index (χ2v) is 7.66. The Kier molecular flexibility index (Phi) is 3.22. The lowest BCUT2D eigenvalue weighted by Gasteiger charge is -2.05. The minimum Gasteiger partial charge on any atom is -0.282 e. The standard InChI is InChI=1S/C14H10O6S2/c15-21(16,17)13-3-1-9-5-10-2-4-14(22(18,19)20)8-12(10)6-11(9)7-13/h1-8H,(H,15,16,17)(H,18,19,20). The Hall–Kier alpha value is -2.00. The van der Waals surface area contributed by atoms with Crippen molar-refractivity contribution in [3.8, 4) is 0 Å². The normalized spacial score (nSPS) is 12.8. The fraction of sp³-hybridized carbons (Fsp3) is 0. The van der Waals surface area contributed by atoms with Crippen molar-refractivity contribution in [1.82, 2.24) is 0 Å². The average Bonchev–Trinajstić information content (AvgIpc) is 2.41. The smallest absolute Gasteiger partial charge is 0.282 e. The predicted molar refractivity (Wildman–Crippen MR) is 81.1 cm³/mol. The lowest BCUT2D eigenvalue weighted by molar-refractivity contribution is 0.481. The molecule has 0 heterocycles. The fourth-order valence-corrected chi connectivity index (χ4v) is 3.31. The van der Waals surface area contributed by atoms with Crippen molar-refractivity contribution in [2.24, 2.45) is 0 Å². The van der Waals surface area contributed by atoms with E-state index < -0.39 is 20.2 Å². The molecule has 0 atom stereocenters. The summed E-state index contributed by atoms with van der Waals surface area (Å²) in [6.45, 7) is 0. The molecule has 3 rings (SSSR count). The number of rotatable bonds is 2. The number of hydrogen-bond donors (Lipinski definition) is 2. The van der Waals surface area contributed by atoms with Crippen LogP contribution in [0.5, 0.6) is 0 Å². The average molecular weight is 338 g/mol. The Balaban J connectivity index is 2.33. The van der Waals surface area contributed by atoms with Gasteiger partial charge in [0.15, 0.2) is 0 Å². The molecule has 0 saturated carbocycles. The van der Waals surface area contributed by atoms with E-state index >= 15 is 0 Å². The first-order chi connectivity index (χ1) is 10.1. The molecule has 0 aliphatic heterocycles. The van der Waals surface area contributed by atoms with E-state index in [1.165, 1.54) is 24.3 Å². The first kappa shape index (κ1) is 14.9. The maximum atomic E-state index is 11.2. The quantitative estimate of drug-likeness (QED) is 0.549. The maximum Gasteiger partial charge on any atom is 0.294 e. The molecule has 0 bridgehead atoms. The summed E-state index contributed by atoms with van der Waals surface area (Å²) in [7, 11) is -8.63. The van der Waals surface area contributed by atoms with Gasteiger partial charge in [0.25, 0.3) is 20.2 Å². The highest BCUT2D eigenvalue weighted by Gasteiger charge is 2.12. The minimum absolute atomic E-state index is 0.245. The van der Waals surface area contributed by atoms with Crippen LogP contribution in [0, 0.1) is 0 Å². The first-order valence-electron chi connectivity index (χ1n) is 6.07. The maximum absolute atomic E-state index is 11.2. The molecular weight excluding hydrogens is 328 g/mol. The van der Waals surface area contributed by atoms with Crippen LogP contribution in [0.25, 0.3) is 21.5 Å². The molecule has 0 unspecified atom stereocenters. The van der Waals surface area contributed by atoms with E-state index in [-0.39, 0.29) is 9.79 Å². The Morgan fingerprint density at radius 1 is 0.545 bits per heavy atom. The van der Waals surface area contributed by atoms with E-state index in [9.17, 15) is 16.8 Å². The van der Waals surface area contributed by atoms with Crippen molar-refractivity contribution in [2.45, 2.75) is 9.79 Å². The highest BCUT2D eigenvalue weighted by atomic mass is 32.2. The van der Waals surface area contributed by atoms with Crippen LogP contribution < -0.4 is 0 Å². The molecule has 8 heteroatoms. The lowest BCUT2D eigenvalue weighted by Crippen LogP contribution is -1.98. The van der Waals surface area contributed by atoms with Gasteiger partial charge in [-0.1, -0.05) is 12.1 Å². The molecule has 2 N–H and O–H groups in total. The van der Waals surface area contributed by atoms with Crippen LogP contribution in [-0.4, -0.2) is 25.9 Å². The molecule has 114 valence electrons. The zero-order valence-corrected chi connectivity index (χ0v) is 12.6. The van der Waals surface area contributed by atoms with Gasteiger partial charge in [0.05, 0.1) is 9.79 Å². The van der Waals surface area contributed by atoms with Gasteiger partial charge in [-0.25, -0.2) is 0 Å². The van der Waals surface area contributed by atoms with E-state index in [1.54, 1.807) is 24.3 Å². The third-order valence-electron chi connectivity index (χ3n) is 3.33.